The number of nitrogens with zero attached hydrogens (tertiary/aromatic N) is 1. The van der Waals surface area contributed by atoms with Crippen LogP contribution < -0.4 is 5.32 Å². The van der Waals surface area contributed by atoms with Gasteiger partial charge in [-0.1, -0.05) is 26.0 Å². The minimum Gasteiger partial charge on any atom is -0.480 e. The summed E-state index contributed by atoms with van der Waals surface area (Å²) in [7, 11) is 0. The van der Waals surface area contributed by atoms with Gasteiger partial charge < -0.3 is 15.3 Å². The number of hydrogen-bond acceptors (Lipinski definition) is 4. The molecule has 1 unspecified atom stereocenters. The van der Waals surface area contributed by atoms with Crippen molar-refractivity contribution in [2.24, 2.45) is 5.92 Å². The van der Waals surface area contributed by atoms with E-state index >= 15 is 0 Å². The molecule has 2 rings (SSSR count). The molecule has 7 heteroatoms. The van der Waals surface area contributed by atoms with Crippen molar-refractivity contribution in [1.82, 2.24) is 10.2 Å². The first kappa shape index (κ1) is 20.3. The zero-order valence-electron chi connectivity index (χ0n) is 15.4. The van der Waals surface area contributed by atoms with Crippen LogP contribution in [0.15, 0.2) is 29.2 Å². The van der Waals surface area contributed by atoms with Crippen LogP contribution in [0.4, 0.5) is 0 Å². The van der Waals surface area contributed by atoms with Gasteiger partial charge in [0.25, 0.3) is 5.91 Å². The molecule has 1 aromatic carbocycles. The molecule has 142 valence electrons. The number of piperidine rings is 1. The lowest BCUT2D eigenvalue weighted by atomic mass is 10.0. The van der Waals surface area contributed by atoms with Gasteiger partial charge in [-0.2, -0.15) is 0 Å². The Labute approximate surface area is 158 Å². The summed E-state index contributed by atoms with van der Waals surface area (Å²) in [4.78, 5) is 38.3. The summed E-state index contributed by atoms with van der Waals surface area (Å²) >= 11 is 1.18. The van der Waals surface area contributed by atoms with Gasteiger partial charge in [0.15, 0.2) is 0 Å². The Bertz CT molecular complexity index is 669. The average molecular weight is 378 g/mol. The van der Waals surface area contributed by atoms with Crippen molar-refractivity contribution in [3.05, 3.63) is 29.8 Å². The molecule has 0 aromatic heterocycles. The van der Waals surface area contributed by atoms with E-state index in [2.05, 4.69) is 5.32 Å². The third-order valence-corrected chi connectivity index (χ3v) is 5.59. The Morgan fingerprint density at radius 3 is 2.35 bits per heavy atom. The minimum atomic E-state index is -0.904. The molecule has 2 amide bonds. The highest BCUT2D eigenvalue weighted by molar-refractivity contribution is 8.00. The molecule has 0 aliphatic carbocycles. The van der Waals surface area contributed by atoms with Crippen molar-refractivity contribution in [1.29, 1.82) is 0 Å². The Balaban J connectivity index is 2.00. The van der Waals surface area contributed by atoms with Crippen LogP contribution in [-0.2, 0) is 9.59 Å². The molecular weight excluding hydrogens is 352 g/mol. The summed E-state index contributed by atoms with van der Waals surface area (Å²) < 4.78 is 0. The van der Waals surface area contributed by atoms with E-state index in [1.807, 2.05) is 13.8 Å². The summed E-state index contributed by atoms with van der Waals surface area (Å²) in [6, 6.07) is 7.23. The number of hydrogen-bond donors (Lipinski definition) is 2. The fourth-order valence-corrected chi connectivity index (χ4v) is 3.67. The van der Waals surface area contributed by atoms with Crippen LogP contribution >= 0.6 is 11.8 Å². The molecule has 0 bridgehead atoms. The third kappa shape index (κ3) is 5.24. The standard InChI is InChI=1S/C19H26N2O4S/c1-12(2)17(22)20-14-8-10-21(11-9-14)18(23)15-6-4-5-7-16(15)26-13(3)19(24)25/h4-7,12-14H,8-11H2,1-3H3,(H,20,22)(H,24,25). The van der Waals surface area contributed by atoms with Gasteiger partial charge in [0.05, 0.1) is 5.56 Å². The molecular formula is C19H26N2O4S. The number of carboxylic acid groups (broad SMARTS) is 1. The van der Waals surface area contributed by atoms with Gasteiger partial charge >= 0.3 is 5.97 Å². The maximum atomic E-state index is 12.9. The number of carbonyl (C=O) groups excluding carboxylic acids is 2. The second kappa shape index (κ2) is 9.07. The molecule has 1 atom stereocenters. The number of nitrogens with one attached hydrogen (secondary N) is 1. The van der Waals surface area contributed by atoms with Crippen LogP contribution in [0.25, 0.3) is 0 Å². The van der Waals surface area contributed by atoms with Crippen molar-refractivity contribution < 1.29 is 19.5 Å². The Morgan fingerprint density at radius 2 is 1.77 bits per heavy atom. The Morgan fingerprint density at radius 1 is 1.15 bits per heavy atom. The van der Waals surface area contributed by atoms with Crippen molar-refractivity contribution in [3.8, 4) is 0 Å². The molecule has 0 saturated carbocycles. The molecule has 6 nitrogen and oxygen atoms in total. The second-order valence-electron chi connectivity index (χ2n) is 6.82. The topological polar surface area (TPSA) is 86.7 Å². The predicted molar refractivity (Wildman–Crippen MR) is 101 cm³/mol. The van der Waals surface area contributed by atoms with Crippen LogP contribution in [0, 0.1) is 5.92 Å². The van der Waals surface area contributed by atoms with E-state index in [-0.39, 0.29) is 23.8 Å². The summed E-state index contributed by atoms with van der Waals surface area (Å²) in [6.07, 6.45) is 1.45. The zero-order chi connectivity index (χ0) is 19.3. The number of aliphatic carboxylic acids is 1. The lowest BCUT2D eigenvalue weighted by Gasteiger charge is -2.33. The highest BCUT2D eigenvalue weighted by Crippen LogP contribution is 2.28. The molecule has 0 spiro atoms. The first-order valence-electron chi connectivity index (χ1n) is 8.87. The molecule has 1 aromatic rings. The van der Waals surface area contributed by atoms with Crippen molar-refractivity contribution in [2.45, 2.75) is 49.8 Å². The van der Waals surface area contributed by atoms with Gasteiger partial charge in [-0.15, -0.1) is 11.8 Å². The Kier molecular flexibility index (Phi) is 7.08. The van der Waals surface area contributed by atoms with Crippen molar-refractivity contribution in [3.63, 3.8) is 0 Å². The maximum absolute atomic E-state index is 12.9. The molecule has 0 radical (unpaired) electrons. The van der Waals surface area contributed by atoms with Crippen LogP contribution in [-0.4, -0.2) is 52.2 Å². The first-order chi connectivity index (χ1) is 12.3. The first-order valence-corrected chi connectivity index (χ1v) is 9.75. The summed E-state index contributed by atoms with van der Waals surface area (Å²) in [6.45, 7) is 6.49. The summed E-state index contributed by atoms with van der Waals surface area (Å²) in [5.74, 6) is -0.993. The predicted octanol–water partition coefficient (Wildman–Crippen LogP) is 2.63. The summed E-state index contributed by atoms with van der Waals surface area (Å²) in [5, 5.41) is 11.5. The third-order valence-electron chi connectivity index (χ3n) is 4.42. The van der Waals surface area contributed by atoms with E-state index in [9.17, 15) is 14.4 Å². The smallest absolute Gasteiger partial charge is 0.316 e. The fourth-order valence-electron chi connectivity index (χ4n) is 2.75. The van der Waals surface area contributed by atoms with E-state index in [0.717, 1.165) is 12.8 Å². The monoisotopic (exact) mass is 378 g/mol. The molecule has 1 saturated heterocycles. The number of rotatable bonds is 6. The SMILES string of the molecule is CC(C)C(=O)NC1CCN(C(=O)c2ccccc2SC(C)C(=O)O)CC1. The van der Waals surface area contributed by atoms with Crippen molar-refractivity contribution >= 4 is 29.5 Å². The van der Waals surface area contributed by atoms with Crippen molar-refractivity contribution in [2.75, 3.05) is 13.1 Å². The van der Waals surface area contributed by atoms with Gasteiger partial charge in [0, 0.05) is 29.9 Å². The molecule has 1 fully saturated rings. The number of benzene rings is 1. The number of carbonyl (C=O) groups is 3. The second-order valence-corrected chi connectivity index (χ2v) is 8.21. The highest BCUT2D eigenvalue weighted by atomic mass is 32.2. The fraction of sp³-hybridized carbons (Fsp3) is 0.526. The number of carboxylic acids is 1. The number of likely N-dealkylation sites (tertiary alicyclic amines) is 1. The Hall–Kier alpha value is -2.02. The molecule has 1 aliphatic rings. The maximum Gasteiger partial charge on any atom is 0.316 e. The molecule has 1 heterocycles. The van der Waals surface area contributed by atoms with Gasteiger partial charge in [0.1, 0.15) is 5.25 Å². The minimum absolute atomic E-state index is 0.0409. The number of thioether (sulfide) groups is 1. The molecule has 1 aliphatic heterocycles. The van der Waals surface area contributed by atoms with E-state index in [4.69, 9.17) is 5.11 Å². The normalized spacial score (nSPS) is 16.4. The lowest BCUT2D eigenvalue weighted by Crippen LogP contribution is -2.47. The van der Waals surface area contributed by atoms with Crippen LogP contribution in [0.3, 0.4) is 0 Å². The van der Waals surface area contributed by atoms with Crippen LogP contribution in [0.2, 0.25) is 0 Å². The quantitative estimate of drug-likeness (QED) is 0.743. The molecule has 26 heavy (non-hydrogen) atoms. The zero-order valence-corrected chi connectivity index (χ0v) is 16.2. The van der Waals surface area contributed by atoms with Gasteiger partial charge in [0.2, 0.25) is 5.91 Å². The summed E-state index contributed by atoms with van der Waals surface area (Å²) in [5.41, 5.74) is 0.537. The largest absolute Gasteiger partial charge is 0.480 e. The molecule has 2 N–H and O–H groups in total. The van der Waals surface area contributed by atoms with Gasteiger partial charge in [-0.05, 0) is 31.9 Å². The van der Waals surface area contributed by atoms with E-state index in [0.29, 0.717) is 23.5 Å². The van der Waals surface area contributed by atoms with E-state index in [1.54, 1.807) is 36.1 Å². The van der Waals surface area contributed by atoms with Crippen LogP contribution in [0.5, 0.6) is 0 Å². The lowest BCUT2D eigenvalue weighted by molar-refractivity contribution is -0.136. The number of amides is 2. The van der Waals surface area contributed by atoms with E-state index < -0.39 is 11.2 Å². The average Bonchev–Trinajstić information content (AvgIpc) is 2.62. The van der Waals surface area contributed by atoms with Gasteiger partial charge in [-0.25, -0.2) is 0 Å². The highest BCUT2D eigenvalue weighted by Gasteiger charge is 2.27. The van der Waals surface area contributed by atoms with E-state index in [1.165, 1.54) is 11.8 Å². The van der Waals surface area contributed by atoms with Gasteiger partial charge in [-0.3, -0.25) is 14.4 Å². The van der Waals surface area contributed by atoms with Crippen LogP contribution in [0.1, 0.15) is 44.0 Å².